The summed E-state index contributed by atoms with van der Waals surface area (Å²) in [6.45, 7) is 1.28. The van der Waals surface area contributed by atoms with E-state index in [2.05, 4.69) is 15.6 Å². The molecule has 2 heterocycles. The number of aromatic nitrogens is 1. The number of carbonyl (C=O) groups is 3. The first-order valence-electron chi connectivity index (χ1n) is 12.4. The first-order chi connectivity index (χ1) is 18.4. The molecule has 1 aromatic heterocycles. The fourth-order valence-electron chi connectivity index (χ4n) is 4.52. The van der Waals surface area contributed by atoms with Crippen molar-refractivity contribution in [1.82, 2.24) is 15.2 Å². The summed E-state index contributed by atoms with van der Waals surface area (Å²) in [5.41, 5.74) is 1.94. The molecule has 0 radical (unpaired) electrons. The number of nitrogens with one attached hydrogen (secondary N) is 2. The molecule has 2 aromatic carbocycles. The molecule has 3 aromatic rings. The third kappa shape index (κ3) is 6.57. The Morgan fingerprint density at radius 3 is 2.45 bits per heavy atom. The average Bonchev–Trinajstić information content (AvgIpc) is 2.95. The van der Waals surface area contributed by atoms with Crippen LogP contribution in [0.5, 0.6) is 11.5 Å². The number of carbonyl (C=O) groups excluding carboxylic acids is 3. The standard InChI is InChI=1S/C28H32N4O6/c1-36-22-6-4-5-21(15-22)30-27(34)18-9-11-32(12-10-18)17-25(33)31-26(28(35)38-3)20-13-19-14-23(37-2)7-8-24(19)29-16-20/h4-8,13-16,18,26H,9-12,17H2,1-3H3,(H,30,34)(H,31,33). The number of fused-ring (bicyclic) bond motifs is 1. The van der Waals surface area contributed by atoms with Gasteiger partial charge in [-0.05, 0) is 62.3 Å². The van der Waals surface area contributed by atoms with Crippen LogP contribution in [0.25, 0.3) is 10.9 Å². The highest BCUT2D eigenvalue weighted by atomic mass is 16.5. The van der Waals surface area contributed by atoms with Crippen LogP contribution in [-0.2, 0) is 19.1 Å². The SMILES string of the molecule is COC(=O)C(NC(=O)CN1CCC(C(=O)Nc2cccc(OC)c2)CC1)c1cnc2ccc(OC)cc2c1. The molecule has 10 heteroatoms. The van der Waals surface area contributed by atoms with Crippen LogP contribution < -0.4 is 20.1 Å². The summed E-state index contributed by atoms with van der Waals surface area (Å²) < 4.78 is 15.4. The Morgan fingerprint density at radius 2 is 1.74 bits per heavy atom. The molecule has 4 rings (SSSR count). The number of piperidine rings is 1. The lowest BCUT2D eigenvalue weighted by molar-refractivity contribution is -0.145. The van der Waals surface area contributed by atoms with Crippen LogP contribution in [0.4, 0.5) is 5.69 Å². The Bertz CT molecular complexity index is 1310. The van der Waals surface area contributed by atoms with Gasteiger partial charge in [0.05, 0.1) is 33.4 Å². The van der Waals surface area contributed by atoms with Crippen LogP contribution in [0.2, 0.25) is 0 Å². The predicted molar refractivity (Wildman–Crippen MR) is 142 cm³/mol. The molecule has 1 unspecified atom stereocenters. The molecule has 10 nitrogen and oxygen atoms in total. The summed E-state index contributed by atoms with van der Waals surface area (Å²) in [6.07, 6.45) is 2.81. The summed E-state index contributed by atoms with van der Waals surface area (Å²) in [5, 5.41) is 6.50. The Kier molecular flexibility index (Phi) is 8.75. The van der Waals surface area contributed by atoms with E-state index in [0.29, 0.717) is 48.7 Å². The van der Waals surface area contributed by atoms with Crippen molar-refractivity contribution in [3.05, 3.63) is 60.3 Å². The largest absolute Gasteiger partial charge is 0.497 e. The fourth-order valence-corrected chi connectivity index (χ4v) is 4.52. The van der Waals surface area contributed by atoms with E-state index in [9.17, 15) is 14.4 Å². The van der Waals surface area contributed by atoms with E-state index in [0.717, 1.165) is 10.9 Å². The van der Waals surface area contributed by atoms with E-state index in [1.807, 2.05) is 35.2 Å². The van der Waals surface area contributed by atoms with Gasteiger partial charge in [0.25, 0.3) is 0 Å². The molecule has 0 aliphatic carbocycles. The molecular weight excluding hydrogens is 488 g/mol. The van der Waals surface area contributed by atoms with Crippen molar-refractivity contribution in [2.45, 2.75) is 18.9 Å². The molecule has 1 fully saturated rings. The zero-order valence-electron chi connectivity index (χ0n) is 21.7. The van der Waals surface area contributed by atoms with Crippen molar-refractivity contribution in [3.63, 3.8) is 0 Å². The van der Waals surface area contributed by atoms with Crippen LogP contribution in [0, 0.1) is 5.92 Å². The third-order valence-electron chi connectivity index (χ3n) is 6.65. The highest BCUT2D eigenvalue weighted by molar-refractivity contribution is 5.93. The van der Waals surface area contributed by atoms with Gasteiger partial charge in [-0.15, -0.1) is 0 Å². The molecule has 38 heavy (non-hydrogen) atoms. The molecule has 1 aliphatic rings. The van der Waals surface area contributed by atoms with Crippen LogP contribution in [0.1, 0.15) is 24.4 Å². The fraction of sp³-hybridized carbons (Fsp3) is 0.357. The second-order valence-corrected chi connectivity index (χ2v) is 9.12. The number of anilines is 1. The number of benzene rings is 2. The quantitative estimate of drug-likeness (QED) is 0.414. The Labute approximate surface area is 221 Å². The second-order valence-electron chi connectivity index (χ2n) is 9.12. The molecule has 200 valence electrons. The highest BCUT2D eigenvalue weighted by Gasteiger charge is 2.28. The van der Waals surface area contributed by atoms with Crippen molar-refractivity contribution >= 4 is 34.4 Å². The molecule has 1 aliphatic heterocycles. The van der Waals surface area contributed by atoms with Crippen LogP contribution in [0.15, 0.2) is 54.7 Å². The van der Waals surface area contributed by atoms with Gasteiger partial charge in [-0.1, -0.05) is 6.07 Å². The minimum Gasteiger partial charge on any atom is -0.497 e. The van der Waals surface area contributed by atoms with Crippen molar-refractivity contribution in [1.29, 1.82) is 0 Å². The summed E-state index contributed by atoms with van der Waals surface area (Å²) in [7, 11) is 4.43. The van der Waals surface area contributed by atoms with Gasteiger partial charge < -0.3 is 24.8 Å². The van der Waals surface area contributed by atoms with E-state index in [-0.39, 0.29) is 24.3 Å². The highest BCUT2D eigenvalue weighted by Crippen LogP contribution is 2.24. The van der Waals surface area contributed by atoms with Gasteiger partial charge in [-0.3, -0.25) is 19.5 Å². The Morgan fingerprint density at radius 1 is 1.00 bits per heavy atom. The summed E-state index contributed by atoms with van der Waals surface area (Å²) >= 11 is 0. The zero-order chi connectivity index (χ0) is 27.1. The average molecular weight is 521 g/mol. The molecule has 2 N–H and O–H groups in total. The van der Waals surface area contributed by atoms with Crippen molar-refractivity contribution in [2.24, 2.45) is 5.92 Å². The minimum absolute atomic E-state index is 0.0476. The predicted octanol–water partition coefficient (Wildman–Crippen LogP) is 2.93. The molecular formula is C28H32N4O6. The number of pyridine rings is 1. The number of hydrogen-bond donors (Lipinski definition) is 2. The number of rotatable bonds is 9. The van der Waals surface area contributed by atoms with Gasteiger partial charge in [-0.25, -0.2) is 4.79 Å². The third-order valence-corrected chi connectivity index (χ3v) is 6.65. The topological polar surface area (TPSA) is 119 Å². The number of amides is 2. The zero-order valence-corrected chi connectivity index (χ0v) is 21.7. The van der Waals surface area contributed by atoms with Crippen LogP contribution in [0.3, 0.4) is 0 Å². The maximum atomic E-state index is 12.9. The van der Waals surface area contributed by atoms with E-state index in [4.69, 9.17) is 14.2 Å². The maximum absolute atomic E-state index is 12.9. The van der Waals surface area contributed by atoms with Crippen molar-refractivity contribution in [2.75, 3.05) is 46.3 Å². The summed E-state index contributed by atoms with van der Waals surface area (Å²) in [6, 6.07) is 13.5. The lowest BCUT2D eigenvalue weighted by Gasteiger charge is -2.31. The van der Waals surface area contributed by atoms with Gasteiger partial charge in [0.2, 0.25) is 11.8 Å². The maximum Gasteiger partial charge on any atom is 0.333 e. The smallest absolute Gasteiger partial charge is 0.333 e. The van der Waals surface area contributed by atoms with Gasteiger partial charge in [0.15, 0.2) is 6.04 Å². The molecule has 2 amide bonds. The van der Waals surface area contributed by atoms with E-state index in [1.54, 1.807) is 38.6 Å². The molecule has 1 atom stereocenters. The van der Waals surface area contributed by atoms with E-state index >= 15 is 0 Å². The number of esters is 1. The van der Waals surface area contributed by atoms with Crippen molar-refractivity contribution < 1.29 is 28.6 Å². The Hall–Kier alpha value is -4.18. The normalized spacial score (nSPS) is 14.9. The molecule has 0 saturated carbocycles. The second kappa shape index (κ2) is 12.4. The number of likely N-dealkylation sites (tertiary alicyclic amines) is 1. The number of hydrogen-bond acceptors (Lipinski definition) is 8. The summed E-state index contributed by atoms with van der Waals surface area (Å²) in [4.78, 5) is 44.6. The number of ether oxygens (including phenoxy) is 3. The summed E-state index contributed by atoms with van der Waals surface area (Å²) in [5.74, 6) is 0.238. The van der Waals surface area contributed by atoms with E-state index in [1.165, 1.54) is 7.11 Å². The minimum atomic E-state index is -0.998. The monoisotopic (exact) mass is 520 g/mol. The van der Waals surface area contributed by atoms with Gasteiger partial charge in [0, 0.05) is 34.8 Å². The molecule has 0 spiro atoms. The number of nitrogens with zero attached hydrogens (tertiary/aromatic N) is 2. The van der Waals surface area contributed by atoms with Crippen LogP contribution >= 0.6 is 0 Å². The van der Waals surface area contributed by atoms with Gasteiger partial charge in [0.1, 0.15) is 11.5 Å². The number of methoxy groups -OCH3 is 3. The lowest BCUT2D eigenvalue weighted by atomic mass is 9.95. The molecule has 0 bridgehead atoms. The lowest BCUT2D eigenvalue weighted by Crippen LogP contribution is -2.45. The van der Waals surface area contributed by atoms with E-state index < -0.39 is 12.0 Å². The first-order valence-corrected chi connectivity index (χ1v) is 12.4. The Balaban J connectivity index is 1.34. The molecule has 1 saturated heterocycles. The van der Waals surface area contributed by atoms with Crippen LogP contribution in [-0.4, -0.2) is 68.6 Å². The van der Waals surface area contributed by atoms with Gasteiger partial charge in [-0.2, -0.15) is 0 Å². The van der Waals surface area contributed by atoms with Crippen molar-refractivity contribution in [3.8, 4) is 11.5 Å². The van der Waals surface area contributed by atoms with Gasteiger partial charge >= 0.3 is 5.97 Å². The first kappa shape index (κ1) is 26.9.